The first-order valence-corrected chi connectivity index (χ1v) is 7.03. The zero-order chi connectivity index (χ0) is 17.0. The lowest BCUT2D eigenvalue weighted by Crippen LogP contribution is -2.34. The number of hydrogen-bond acceptors (Lipinski definition) is 6. The van der Waals surface area contributed by atoms with E-state index in [1.807, 2.05) is 0 Å². The number of rotatable bonds is 3. The molecular weight excluding hydrogens is 342 g/mol. The molecule has 0 aliphatic heterocycles. The molecule has 0 bridgehead atoms. The second kappa shape index (κ2) is 7.25. The lowest BCUT2D eigenvalue weighted by Gasteiger charge is -2.20. The van der Waals surface area contributed by atoms with E-state index in [4.69, 9.17) is 34.2 Å². The van der Waals surface area contributed by atoms with Gasteiger partial charge >= 0.3 is 0 Å². The third-order valence-electron chi connectivity index (χ3n) is 2.77. The van der Waals surface area contributed by atoms with Gasteiger partial charge in [0, 0.05) is 16.3 Å². The van der Waals surface area contributed by atoms with Gasteiger partial charge in [-0.2, -0.15) is 0 Å². The highest BCUT2D eigenvalue weighted by Gasteiger charge is 2.10. The Morgan fingerprint density at radius 3 is 2.48 bits per heavy atom. The maximum absolute atomic E-state index is 11.9. The van der Waals surface area contributed by atoms with Crippen LogP contribution < -0.4 is 21.0 Å². The largest absolute Gasteiger partial charge is 0.870 e. The Hall–Kier alpha value is -2.39. The van der Waals surface area contributed by atoms with E-state index in [0.29, 0.717) is 5.56 Å². The zero-order valence-electron chi connectivity index (χ0n) is 11.5. The summed E-state index contributed by atoms with van der Waals surface area (Å²) >= 11 is 10.7. The summed E-state index contributed by atoms with van der Waals surface area (Å²) in [6.07, 6.45) is 0. The number of anilines is 2. The first-order valence-electron chi connectivity index (χ1n) is 6.24. The van der Waals surface area contributed by atoms with E-state index in [1.165, 1.54) is 0 Å². The van der Waals surface area contributed by atoms with Crippen LogP contribution in [0.15, 0.2) is 42.5 Å². The predicted octanol–water partition coefficient (Wildman–Crippen LogP) is 2.13. The second-order valence-electron chi connectivity index (χ2n) is 4.37. The maximum atomic E-state index is 11.9. The van der Waals surface area contributed by atoms with Crippen LogP contribution in [-0.4, -0.2) is 21.4 Å². The number of carbonyl (C=O) groups excluding carboxylic acids is 1. The van der Waals surface area contributed by atoms with Gasteiger partial charge in [-0.05, 0) is 36.5 Å². The molecule has 120 valence electrons. The van der Waals surface area contributed by atoms with Crippen LogP contribution in [0.1, 0.15) is 10.4 Å². The average molecular weight is 353 g/mol. The van der Waals surface area contributed by atoms with Crippen molar-refractivity contribution in [2.75, 3.05) is 10.5 Å². The molecule has 2 aromatic rings. The van der Waals surface area contributed by atoms with Crippen LogP contribution >= 0.6 is 23.8 Å². The van der Waals surface area contributed by atoms with Gasteiger partial charge in [0.25, 0.3) is 5.91 Å². The minimum absolute atomic E-state index is 0.112. The lowest BCUT2D eigenvalue weighted by atomic mass is 10.2. The Labute approximate surface area is 141 Å². The van der Waals surface area contributed by atoms with Crippen molar-refractivity contribution in [3.8, 4) is 5.75 Å². The molecule has 0 aliphatic rings. The number of halogens is 1. The van der Waals surface area contributed by atoms with Crippen LogP contribution in [-0.2, 0) is 0 Å². The van der Waals surface area contributed by atoms with Gasteiger partial charge in [-0.15, -0.1) is 5.23 Å². The summed E-state index contributed by atoms with van der Waals surface area (Å²) in [5, 5.41) is 34.2. The molecule has 0 saturated carbocycles. The molecule has 0 aromatic heterocycles. The van der Waals surface area contributed by atoms with Crippen molar-refractivity contribution < 1.29 is 20.3 Å². The fourth-order valence-electron chi connectivity index (χ4n) is 1.71. The first-order chi connectivity index (χ1) is 10.9. The lowest BCUT2D eigenvalue weighted by molar-refractivity contribution is -0.266. The summed E-state index contributed by atoms with van der Waals surface area (Å²) in [5.74, 6) is -1.06. The zero-order valence-corrected chi connectivity index (χ0v) is 13.1. The fraction of sp³-hybridized carbons (Fsp3) is 0. The molecule has 0 radical (unpaired) electrons. The van der Waals surface area contributed by atoms with Crippen LogP contribution in [0.4, 0.5) is 11.4 Å². The highest BCUT2D eigenvalue weighted by Crippen LogP contribution is 2.33. The normalized spacial score (nSPS) is 10.0. The summed E-state index contributed by atoms with van der Waals surface area (Å²) in [7, 11) is 0. The van der Waals surface area contributed by atoms with Gasteiger partial charge in [0.1, 0.15) is 0 Å². The first kappa shape index (κ1) is 17.0. The van der Waals surface area contributed by atoms with Gasteiger partial charge in [0.15, 0.2) is 5.11 Å². The molecule has 0 fully saturated rings. The van der Waals surface area contributed by atoms with Crippen LogP contribution in [0.5, 0.6) is 5.75 Å². The van der Waals surface area contributed by atoms with Crippen molar-refractivity contribution in [2.24, 2.45) is 0 Å². The third kappa shape index (κ3) is 4.30. The van der Waals surface area contributed by atoms with Crippen LogP contribution in [0.2, 0.25) is 5.02 Å². The monoisotopic (exact) mass is 352 g/mol. The Kier molecular flexibility index (Phi) is 5.35. The molecule has 0 saturated heterocycles. The molecule has 0 unspecified atom stereocenters. The van der Waals surface area contributed by atoms with Crippen LogP contribution in [0, 0.1) is 0 Å². The molecule has 0 aliphatic carbocycles. The van der Waals surface area contributed by atoms with Crippen molar-refractivity contribution in [2.45, 2.75) is 0 Å². The molecule has 2 rings (SSSR count). The van der Waals surface area contributed by atoms with E-state index < -0.39 is 11.7 Å². The summed E-state index contributed by atoms with van der Waals surface area (Å²) < 4.78 is 0. The number of thiocarbonyl (C=S) groups is 1. The van der Waals surface area contributed by atoms with E-state index in [1.54, 1.807) is 30.3 Å². The molecule has 0 heterocycles. The summed E-state index contributed by atoms with van der Waals surface area (Å²) in [4.78, 5) is 11.9. The van der Waals surface area contributed by atoms with Gasteiger partial charge in [0.05, 0.1) is 5.69 Å². The van der Waals surface area contributed by atoms with Crippen molar-refractivity contribution in [1.82, 2.24) is 5.32 Å². The van der Waals surface area contributed by atoms with Gasteiger partial charge in [-0.1, -0.05) is 35.5 Å². The molecule has 7 nitrogen and oxygen atoms in total. The average Bonchev–Trinajstić information content (AvgIpc) is 2.52. The fourth-order valence-corrected chi connectivity index (χ4v) is 2.12. The van der Waals surface area contributed by atoms with E-state index in [9.17, 15) is 9.90 Å². The van der Waals surface area contributed by atoms with Crippen molar-refractivity contribution in [3.63, 3.8) is 0 Å². The number of carbonyl (C=O) groups is 1. The van der Waals surface area contributed by atoms with Gasteiger partial charge in [-0.25, -0.2) is 0 Å². The molecular formula is C14H11ClN3O4S-. The summed E-state index contributed by atoms with van der Waals surface area (Å²) in [6.45, 7) is 0. The standard InChI is InChI=1S/C14H12ClN3O4S/c15-10-6-9(18(21)22)7-11(12(10)19)16-14(23)17-13(20)8-4-2-1-3-5-8/h1-7,19,21-22H,(H2,16,17,20,23)/p-1. The van der Waals surface area contributed by atoms with E-state index >= 15 is 0 Å². The SMILES string of the molecule is O=C(NC(=S)Nc1cc(N(O)O)cc(Cl)c1[O-])c1ccccc1. The summed E-state index contributed by atoms with van der Waals surface area (Å²) in [6, 6.07) is 10.5. The molecule has 2 aromatic carbocycles. The van der Waals surface area contributed by atoms with E-state index in [0.717, 1.165) is 12.1 Å². The molecule has 0 atom stereocenters. The summed E-state index contributed by atoms with van der Waals surface area (Å²) in [5.41, 5.74) is 0.135. The Bertz CT molecular complexity index is 740. The molecule has 23 heavy (non-hydrogen) atoms. The number of hydrogen-bond donors (Lipinski definition) is 4. The van der Waals surface area contributed by atoms with Gasteiger partial charge in [0.2, 0.25) is 0 Å². The minimum atomic E-state index is -0.603. The molecule has 9 heteroatoms. The number of benzene rings is 2. The quantitative estimate of drug-likeness (QED) is 0.495. The van der Waals surface area contributed by atoms with Crippen molar-refractivity contribution in [1.29, 1.82) is 0 Å². The molecule has 1 amide bonds. The smallest absolute Gasteiger partial charge is 0.257 e. The van der Waals surface area contributed by atoms with Gasteiger partial charge in [-0.3, -0.25) is 20.5 Å². The minimum Gasteiger partial charge on any atom is -0.870 e. The highest BCUT2D eigenvalue weighted by atomic mass is 35.5. The Balaban J connectivity index is 2.13. The molecule has 4 N–H and O–H groups in total. The van der Waals surface area contributed by atoms with E-state index in [2.05, 4.69) is 10.6 Å². The second-order valence-corrected chi connectivity index (χ2v) is 5.18. The van der Waals surface area contributed by atoms with Crippen molar-refractivity contribution in [3.05, 3.63) is 53.1 Å². The number of nitrogens with one attached hydrogen (secondary N) is 2. The van der Waals surface area contributed by atoms with Crippen molar-refractivity contribution >= 4 is 46.2 Å². The number of nitrogens with zero attached hydrogens (tertiary/aromatic N) is 1. The van der Waals surface area contributed by atoms with Crippen LogP contribution in [0.3, 0.4) is 0 Å². The third-order valence-corrected chi connectivity index (χ3v) is 3.26. The van der Waals surface area contributed by atoms with Gasteiger partial charge < -0.3 is 10.4 Å². The number of amides is 1. The maximum Gasteiger partial charge on any atom is 0.257 e. The Morgan fingerprint density at radius 2 is 1.87 bits per heavy atom. The van der Waals surface area contributed by atoms with E-state index in [-0.39, 0.29) is 26.7 Å². The van der Waals surface area contributed by atoms with Crippen LogP contribution in [0.25, 0.3) is 0 Å². The highest BCUT2D eigenvalue weighted by molar-refractivity contribution is 7.80. The Morgan fingerprint density at radius 1 is 1.22 bits per heavy atom. The predicted molar refractivity (Wildman–Crippen MR) is 87.1 cm³/mol. The topological polar surface area (TPSA) is 108 Å². The molecule has 0 spiro atoms.